The molecule has 0 unspecified atom stereocenters. The number of rotatable bonds is 3. The molecule has 4 N–H and O–H groups in total. The molecule has 5 nitrogen and oxygen atoms in total. The van der Waals surface area contributed by atoms with Crippen LogP contribution in [0.25, 0.3) is 0 Å². The van der Waals surface area contributed by atoms with Crippen LogP contribution in [0.15, 0.2) is 23.3 Å². The van der Waals surface area contributed by atoms with Gasteiger partial charge in [-0.3, -0.25) is 10.2 Å². The lowest BCUT2D eigenvalue weighted by Crippen LogP contribution is -2.24. The van der Waals surface area contributed by atoms with Crippen LogP contribution in [0.2, 0.25) is 0 Å². The van der Waals surface area contributed by atoms with Crippen LogP contribution in [0.5, 0.6) is 0 Å². The van der Waals surface area contributed by atoms with E-state index in [1.165, 1.54) is 6.92 Å². The highest BCUT2D eigenvalue weighted by Gasteiger charge is 1.99. The van der Waals surface area contributed by atoms with E-state index < -0.39 is 0 Å². The van der Waals surface area contributed by atoms with Crippen molar-refractivity contribution in [3.05, 3.63) is 29.3 Å². The first kappa shape index (κ1) is 13.1. The maximum atomic E-state index is 10.9. The first-order chi connectivity index (χ1) is 7.99. The quantitative estimate of drug-likeness (QED) is 0.427. The maximum Gasteiger partial charge on any atom is 0.221 e. The van der Waals surface area contributed by atoms with Crippen LogP contribution in [-0.2, 0) is 4.79 Å². The fourth-order valence-corrected chi connectivity index (χ4v) is 1.32. The number of aryl methyl sites for hydroxylation is 1. The lowest BCUT2D eigenvalue weighted by atomic mass is 10.1. The highest BCUT2D eigenvalue weighted by molar-refractivity contribution is 7.80. The summed E-state index contributed by atoms with van der Waals surface area (Å²) >= 11 is 4.62. The van der Waals surface area contributed by atoms with Gasteiger partial charge in [0.05, 0.1) is 6.21 Å². The molecule has 17 heavy (non-hydrogen) atoms. The van der Waals surface area contributed by atoms with Gasteiger partial charge in [-0.15, -0.1) is 0 Å². The number of nitrogens with two attached hydrogens (primary N) is 1. The molecular weight excluding hydrogens is 236 g/mol. The second-order valence-corrected chi connectivity index (χ2v) is 3.93. The first-order valence-electron chi connectivity index (χ1n) is 4.96. The fraction of sp³-hybridized carbons (Fsp3) is 0.182. The number of thiocarbonyl (C=S) groups is 1. The fourth-order valence-electron chi connectivity index (χ4n) is 1.27. The molecule has 0 aliphatic rings. The van der Waals surface area contributed by atoms with Crippen LogP contribution < -0.4 is 16.5 Å². The molecule has 1 amide bonds. The van der Waals surface area contributed by atoms with Crippen LogP contribution in [0.3, 0.4) is 0 Å². The predicted molar refractivity (Wildman–Crippen MR) is 73.0 cm³/mol. The van der Waals surface area contributed by atoms with E-state index in [-0.39, 0.29) is 11.0 Å². The first-order valence-corrected chi connectivity index (χ1v) is 5.36. The van der Waals surface area contributed by atoms with Gasteiger partial charge < -0.3 is 11.1 Å². The van der Waals surface area contributed by atoms with E-state index >= 15 is 0 Å². The zero-order valence-electron chi connectivity index (χ0n) is 9.65. The standard InChI is InChI=1S/C11H14N4OS/c1-7-5-10(14-8(2)16)4-3-9(7)6-13-15-11(12)17/h3-6H,1-2H3,(H,14,16)(H3,12,15,17). The number of amides is 1. The average Bonchev–Trinajstić information content (AvgIpc) is 2.20. The van der Waals surface area contributed by atoms with E-state index in [2.05, 4.69) is 28.1 Å². The molecule has 1 aromatic carbocycles. The Labute approximate surface area is 105 Å². The van der Waals surface area contributed by atoms with Crippen molar-refractivity contribution in [1.29, 1.82) is 0 Å². The number of nitrogens with one attached hydrogen (secondary N) is 2. The van der Waals surface area contributed by atoms with Crippen molar-refractivity contribution < 1.29 is 4.79 Å². The Hall–Kier alpha value is -1.95. The molecule has 0 heterocycles. The lowest BCUT2D eigenvalue weighted by Gasteiger charge is -2.05. The zero-order valence-corrected chi connectivity index (χ0v) is 10.5. The SMILES string of the molecule is CC(=O)Nc1ccc(C=NNC(N)=S)c(C)c1. The highest BCUT2D eigenvalue weighted by atomic mass is 32.1. The minimum absolute atomic E-state index is 0.0963. The third-order valence-corrected chi connectivity index (χ3v) is 2.06. The molecule has 0 spiro atoms. The Balaban J connectivity index is 2.79. The molecule has 0 aromatic heterocycles. The summed E-state index contributed by atoms with van der Waals surface area (Å²) in [6.07, 6.45) is 1.62. The maximum absolute atomic E-state index is 10.9. The molecular formula is C11H14N4OS. The van der Waals surface area contributed by atoms with E-state index in [1.54, 1.807) is 12.3 Å². The topological polar surface area (TPSA) is 79.5 Å². The molecule has 0 atom stereocenters. The van der Waals surface area contributed by atoms with Crippen molar-refractivity contribution in [2.75, 3.05) is 5.32 Å². The van der Waals surface area contributed by atoms with Gasteiger partial charge in [0.2, 0.25) is 5.91 Å². The third kappa shape index (κ3) is 4.60. The molecule has 0 bridgehead atoms. The summed E-state index contributed by atoms with van der Waals surface area (Å²) in [6.45, 7) is 3.39. The van der Waals surface area contributed by atoms with Gasteiger partial charge in [-0.2, -0.15) is 5.10 Å². The van der Waals surface area contributed by atoms with Crippen molar-refractivity contribution in [3.8, 4) is 0 Å². The van der Waals surface area contributed by atoms with Crippen LogP contribution in [0.1, 0.15) is 18.1 Å². The van der Waals surface area contributed by atoms with Gasteiger partial charge >= 0.3 is 0 Å². The lowest BCUT2D eigenvalue weighted by molar-refractivity contribution is -0.114. The number of hydrogen-bond donors (Lipinski definition) is 3. The van der Waals surface area contributed by atoms with E-state index in [9.17, 15) is 4.79 Å². The van der Waals surface area contributed by atoms with E-state index in [1.807, 2.05) is 19.1 Å². The van der Waals surface area contributed by atoms with Gasteiger partial charge in [0, 0.05) is 12.6 Å². The number of hydrogen-bond acceptors (Lipinski definition) is 3. The van der Waals surface area contributed by atoms with Crippen molar-refractivity contribution in [2.24, 2.45) is 10.8 Å². The van der Waals surface area contributed by atoms with E-state index in [0.717, 1.165) is 16.8 Å². The molecule has 90 valence electrons. The summed E-state index contributed by atoms with van der Waals surface area (Å²) in [5.41, 5.74) is 10.4. The highest BCUT2D eigenvalue weighted by Crippen LogP contribution is 2.13. The molecule has 6 heteroatoms. The number of benzene rings is 1. The number of anilines is 1. The number of carbonyl (C=O) groups is 1. The minimum atomic E-state index is -0.0963. The zero-order chi connectivity index (χ0) is 12.8. The van der Waals surface area contributed by atoms with Gasteiger partial charge in [0.15, 0.2) is 5.11 Å². The number of hydrazone groups is 1. The molecule has 0 saturated carbocycles. The summed E-state index contributed by atoms with van der Waals surface area (Å²) in [7, 11) is 0. The molecule has 1 aromatic rings. The van der Waals surface area contributed by atoms with Crippen LogP contribution >= 0.6 is 12.2 Å². The third-order valence-electron chi connectivity index (χ3n) is 1.97. The monoisotopic (exact) mass is 250 g/mol. The second kappa shape index (κ2) is 5.95. The number of nitrogens with zero attached hydrogens (tertiary/aromatic N) is 1. The van der Waals surface area contributed by atoms with Crippen molar-refractivity contribution in [1.82, 2.24) is 5.43 Å². The average molecular weight is 250 g/mol. The van der Waals surface area contributed by atoms with Gasteiger partial charge in [0.25, 0.3) is 0 Å². The Kier molecular flexibility index (Phi) is 4.59. The molecule has 1 rings (SSSR count). The molecule has 0 fully saturated rings. The van der Waals surface area contributed by atoms with Crippen LogP contribution in [-0.4, -0.2) is 17.2 Å². The number of carbonyl (C=O) groups excluding carboxylic acids is 1. The van der Waals surface area contributed by atoms with Gasteiger partial charge in [-0.05, 0) is 42.4 Å². The van der Waals surface area contributed by atoms with Crippen molar-refractivity contribution in [2.45, 2.75) is 13.8 Å². The summed E-state index contributed by atoms with van der Waals surface area (Å²) in [5.74, 6) is -0.0963. The Bertz CT molecular complexity index is 471. The summed E-state index contributed by atoms with van der Waals surface area (Å²) in [4.78, 5) is 10.9. The Morgan fingerprint density at radius 3 is 2.76 bits per heavy atom. The van der Waals surface area contributed by atoms with E-state index in [4.69, 9.17) is 5.73 Å². The summed E-state index contributed by atoms with van der Waals surface area (Å²) < 4.78 is 0. The summed E-state index contributed by atoms with van der Waals surface area (Å²) in [5, 5.41) is 6.69. The van der Waals surface area contributed by atoms with Crippen LogP contribution in [0, 0.1) is 6.92 Å². The molecule has 0 saturated heterocycles. The Morgan fingerprint density at radius 2 is 2.24 bits per heavy atom. The predicted octanol–water partition coefficient (Wildman–Crippen LogP) is 1.12. The van der Waals surface area contributed by atoms with E-state index in [0.29, 0.717) is 0 Å². The smallest absolute Gasteiger partial charge is 0.221 e. The molecule has 0 aliphatic carbocycles. The van der Waals surface area contributed by atoms with Crippen LogP contribution in [0.4, 0.5) is 5.69 Å². The minimum Gasteiger partial charge on any atom is -0.375 e. The van der Waals surface area contributed by atoms with Crippen molar-refractivity contribution >= 4 is 35.1 Å². The molecule has 0 radical (unpaired) electrons. The van der Waals surface area contributed by atoms with Crippen molar-refractivity contribution in [3.63, 3.8) is 0 Å². The van der Waals surface area contributed by atoms with Gasteiger partial charge in [0.1, 0.15) is 0 Å². The second-order valence-electron chi connectivity index (χ2n) is 3.49. The molecule has 0 aliphatic heterocycles. The Morgan fingerprint density at radius 1 is 1.53 bits per heavy atom. The summed E-state index contributed by atoms with van der Waals surface area (Å²) in [6, 6.07) is 5.52. The normalized spacial score (nSPS) is 10.2. The van der Waals surface area contributed by atoms with Gasteiger partial charge in [-0.25, -0.2) is 0 Å². The van der Waals surface area contributed by atoms with Gasteiger partial charge in [-0.1, -0.05) is 6.07 Å². The largest absolute Gasteiger partial charge is 0.375 e.